The van der Waals surface area contributed by atoms with Gasteiger partial charge in [-0.25, -0.2) is 0 Å². The first-order valence-electron chi connectivity index (χ1n) is 7.11. The molecule has 108 valence electrons. The minimum absolute atomic E-state index is 0.0206. The molecule has 1 aliphatic heterocycles. The highest BCUT2D eigenvalue weighted by atomic mass is 35.5. The van der Waals surface area contributed by atoms with E-state index in [9.17, 15) is 4.79 Å². The van der Waals surface area contributed by atoms with Gasteiger partial charge in [-0.2, -0.15) is 0 Å². The van der Waals surface area contributed by atoms with Gasteiger partial charge in [-0.15, -0.1) is 0 Å². The zero-order valence-corrected chi connectivity index (χ0v) is 12.4. The number of nitrogens with zero attached hydrogens (tertiary/aromatic N) is 1. The zero-order chi connectivity index (χ0) is 14.8. The first-order valence-corrected chi connectivity index (χ1v) is 7.49. The van der Waals surface area contributed by atoms with E-state index in [2.05, 4.69) is 6.07 Å². The molecule has 0 aromatic heterocycles. The Morgan fingerprint density at radius 3 is 2.76 bits per heavy atom. The molecule has 0 atom stereocenters. The van der Waals surface area contributed by atoms with E-state index in [0.29, 0.717) is 16.3 Å². The number of hydrogen-bond acceptors (Lipinski definition) is 2. The average Bonchev–Trinajstić information content (AvgIpc) is 2.71. The van der Waals surface area contributed by atoms with Crippen molar-refractivity contribution in [2.45, 2.75) is 19.3 Å². The van der Waals surface area contributed by atoms with Crippen molar-refractivity contribution >= 4 is 28.9 Å². The normalized spacial score (nSPS) is 14.4. The first-order chi connectivity index (χ1) is 10.2. The summed E-state index contributed by atoms with van der Waals surface area (Å²) in [7, 11) is 0. The molecule has 0 bridgehead atoms. The van der Waals surface area contributed by atoms with Gasteiger partial charge < -0.3 is 10.6 Å². The summed E-state index contributed by atoms with van der Waals surface area (Å²) < 4.78 is 0. The number of carbonyl (C=O) groups excluding carboxylic acids is 1. The van der Waals surface area contributed by atoms with Gasteiger partial charge >= 0.3 is 0 Å². The summed E-state index contributed by atoms with van der Waals surface area (Å²) in [4.78, 5) is 14.7. The van der Waals surface area contributed by atoms with E-state index in [4.69, 9.17) is 17.3 Å². The SMILES string of the molecule is Nc1cc(C(=O)N2CCCCc3ccccc32)ccc1Cl. The monoisotopic (exact) mass is 300 g/mol. The molecule has 0 fully saturated rings. The molecule has 0 saturated heterocycles. The summed E-state index contributed by atoms with van der Waals surface area (Å²) in [5, 5.41) is 0.475. The molecule has 2 aromatic rings. The van der Waals surface area contributed by atoms with Crippen molar-refractivity contribution in [2.75, 3.05) is 17.2 Å². The van der Waals surface area contributed by atoms with Crippen LogP contribution in [0.5, 0.6) is 0 Å². The summed E-state index contributed by atoms with van der Waals surface area (Å²) in [6, 6.07) is 13.2. The Balaban J connectivity index is 1.99. The summed E-state index contributed by atoms with van der Waals surface area (Å²) in [6.45, 7) is 0.735. The molecule has 0 aliphatic carbocycles. The van der Waals surface area contributed by atoms with Gasteiger partial charge in [-0.1, -0.05) is 29.8 Å². The smallest absolute Gasteiger partial charge is 0.258 e. The van der Waals surface area contributed by atoms with E-state index in [1.807, 2.05) is 23.1 Å². The summed E-state index contributed by atoms with van der Waals surface area (Å²) in [5.41, 5.74) is 9.06. The second-order valence-corrected chi connectivity index (χ2v) is 5.69. The van der Waals surface area contributed by atoms with Crippen LogP contribution in [0.4, 0.5) is 11.4 Å². The quantitative estimate of drug-likeness (QED) is 0.812. The van der Waals surface area contributed by atoms with Crippen molar-refractivity contribution in [2.24, 2.45) is 0 Å². The van der Waals surface area contributed by atoms with Gasteiger partial charge in [-0.05, 0) is 49.1 Å². The van der Waals surface area contributed by atoms with Crippen LogP contribution in [0.3, 0.4) is 0 Å². The topological polar surface area (TPSA) is 46.3 Å². The number of aryl methyl sites for hydroxylation is 1. The summed E-state index contributed by atoms with van der Waals surface area (Å²) in [6.07, 6.45) is 3.12. The minimum atomic E-state index is -0.0206. The molecule has 1 amide bonds. The van der Waals surface area contributed by atoms with Gasteiger partial charge in [-0.3, -0.25) is 4.79 Å². The fourth-order valence-electron chi connectivity index (χ4n) is 2.73. The lowest BCUT2D eigenvalue weighted by atomic mass is 10.1. The Morgan fingerprint density at radius 1 is 1.14 bits per heavy atom. The number of halogens is 1. The van der Waals surface area contributed by atoms with E-state index < -0.39 is 0 Å². The van der Waals surface area contributed by atoms with E-state index >= 15 is 0 Å². The van der Waals surface area contributed by atoms with E-state index in [1.165, 1.54) is 5.56 Å². The molecule has 21 heavy (non-hydrogen) atoms. The lowest BCUT2D eigenvalue weighted by Crippen LogP contribution is -2.31. The van der Waals surface area contributed by atoms with Crippen LogP contribution in [-0.4, -0.2) is 12.5 Å². The van der Waals surface area contributed by atoms with Crippen LogP contribution in [0.2, 0.25) is 5.02 Å². The Morgan fingerprint density at radius 2 is 1.95 bits per heavy atom. The number of hydrogen-bond donors (Lipinski definition) is 1. The second-order valence-electron chi connectivity index (χ2n) is 5.28. The lowest BCUT2D eigenvalue weighted by molar-refractivity contribution is 0.0987. The number of nitrogens with two attached hydrogens (primary N) is 1. The highest BCUT2D eigenvalue weighted by Gasteiger charge is 2.22. The van der Waals surface area contributed by atoms with Gasteiger partial charge in [0, 0.05) is 17.8 Å². The number of anilines is 2. The van der Waals surface area contributed by atoms with E-state index in [-0.39, 0.29) is 5.91 Å². The van der Waals surface area contributed by atoms with Crippen LogP contribution in [0.25, 0.3) is 0 Å². The van der Waals surface area contributed by atoms with E-state index in [1.54, 1.807) is 18.2 Å². The Labute approximate surface area is 129 Å². The number of para-hydroxylation sites is 1. The van der Waals surface area contributed by atoms with Crippen LogP contribution in [0, 0.1) is 0 Å². The highest BCUT2D eigenvalue weighted by Crippen LogP contribution is 2.28. The van der Waals surface area contributed by atoms with Crippen molar-refractivity contribution in [3.8, 4) is 0 Å². The van der Waals surface area contributed by atoms with Crippen molar-refractivity contribution in [3.05, 3.63) is 58.6 Å². The van der Waals surface area contributed by atoms with Gasteiger partial charge in [0.05, 0.1) is 10.7 Å². The standard InChI is InChI=1S/C17H17ClN2O/c18-14-9-8-13(11-15(14)19)17(21)20-10-4-3-6-12-5-1-2-7-16(12)20/h1-2,5,7-9,11H,3-4,6,10,19H2. The predicted octanol–water partition coefficient (Wildman–Crippen LogP) is 3.91. The number of amides is 1. The van der Waals surface area contributed by atoms with Crippen LogP contribution in [0.1, 0.15) is 28.8 Å². The van der Waals surface area contributed by atoms with Crippen molar-refractivity contribution < 1.29 is 4.79 Å². The summed E-state index contributed by atoms with van der Waals surface area (Å²) in [5.74, 6) is -0.0206. The maximum Gasteiger partial charge on any atom is 0.258 e. The number of nitrogen functional groups attached to an aromatic ring is 1. The fraction of sp³-hybridized carbons (Fsp3) is 0.235. The lowest BCUT2D eigenvalue weighted by Gasteiger charge is -2.23. The molecule has 4 heteroatoms. The third-order valence-corrected chi connectivity index (χ3v) is 4.19. The van der Waals surface area contributed by atoms with Gasteiger partial charge in [0.15, 0.2) is 0 Å². The second kappa shape index (κ2) is 5.78. The minimum Gasteiger partial charge on any atom is -0.398 e. The first kappa shape index (κ1) is 14.0. The van der Waals surface area contributed by atoms with Crippen LogP contribution in [0.15, 0.2) is 42.5 Å². The molecule has 2 aromatic carbocycles. The maximum absolute atomic E-state index is 12.8. The van der Waals surface area contributed by atoms with E-state index in [0.717, 1.165) is 31.5 Å². The Hall–Kier alpha value is -2.00. The predicted molar refractivity (Wildman–Crippen MR) is 86.9 cm³/mol. The summed E-state index contributed by atoms with van der Waals surface area (Å²) >= 11 is 5.93. The fourth-order valence-corrected chi connectivity index (χ4v) is 2.85. The van der Waals surface area contributed by atoms with Crippen molar-refractivity contribution in [3.63, 3.8) is 0 Å². The van der Waals surface area contributed by atoms with Crippen LogP contribution >= 0.6 is 11.6 Å². The highest BCUT2D eigenvalue weighted by molar-refractivity contribution is 6.33. The molecule has 1 aliphatic rings. The van der Waals surface area contributed by atoms with Gasteiger partial charge in [0.1, 0.15) is 0 Å². The molecule has 0 saturated carbocycles. The van der Waals surface area contributed by atoms with Gasteiger partial charge in [0.25, 0.3) is 5.91 Å². The number of rotatable bonds is 1. The molecular weight excluding hydrogens is 284 g/mol. The largest absolute Gasteiger partial charge is 0.398 e. The third-order valence-electron chi connectivity index (χ3n) is 3.85. The molecule has 0 spiro atoms. The number of carbonyl (C=O) groups is 1. The van der Waals surface area contributed by atoms with Gasteiger partial charge in [0.2, 0.25) is 0 Å². The third kappa shape index (κ3) is 2.74. The molecule has 0 unspecified atom stereocenters. The number of fused-ring (bicyclic) bond motifs is 1. The molecular formula is C17H17ClN2O. The van der Waals surface area contributed by atoms with Crippen LogP contribution < -0.4 is 10.6 Å². The zero-order valence-electron chi connectivity index (χ0n) is 11.7. The van der Waals surface area contributed by atoms with Crippen molar-refractivity contribution in [1.29, 1.82) is 0 Å². The average molecular weight is 301 g/mol. The maximum atomic E-state index is 12.8. The van der Waals surface area contributed by atoms with Crippen molar-refractivity contribution in [1.82, 2.24) is 0 Å². The molecule has 3 rings (SSSR count). The Bertz CT molecular complexity index is 684. The Kier molecular flexibility index (Phi) is 3.84. The number of benzene rings is 2. The molecule has 3 nitrogen and oxygen atoms in total. The van der Waals surface area contributed by atoms with Crippen LogP contribution in [-0.2, 0) is 6.42 Å². The molecule has 1 heterocycles. The molecule has 2 N–H and O–H groups in total. The molecule has 0 radical (unpaired) electrons.